The highest BCUT2D eigenvalue weighted by molar-refractivity contribution is 5.89. The minimum Gasteiger partial charge on any atom is -0.454 e. The Balaban J connectivity index is 1.49. The highest BCUT2D eigenvalue weighted by Crippen LogP contribution is 2.35. The molecule has 3 atom stereocenters. The van der Waals surface area contributed by atoms with Crippen LogP contribution in [0, 0.1) is 11.8 Å². The first-order valence-electron chi connectivity index (χ1n) is 11.4. The molecule has 33 heavy (non-hydrogen) atoms. The summed E-state index contributed by atoms with van der Waals surface area (Å²) in [5.41, 5.74) is 7.85. The maximum atomic E-state index is 12.9. The van der Waals surface area contributed by atoms with Crippen molar-refractivity contribution in [1.82, 2.24) is 9.97 Å². The molecule has 1 aliphatic carbocycles. The summed E-state index contributed by atoms with van der Waals surface area (Å²) >= 11 is 0. The van der Waals surface area contributed by atoms with Crippen LogP contribution in [0.4, 0.5) is 0 Å². The number of nitrogens with two attached hydrogens (primary N) is 1. The molecule has 0 spiro atoms. The number of aliphatic hydroxyl groups excluding tert-OH is 1. The van der Waals surface area contributed by atoms with Crippen LogP contribution in [0.2, 0.25) is 0 Å². The van der Waals surface area contributed by atoms with Crippen LogP contribution in [0.25, 0.3) is 11.0 Å². The Morgan fingerprint density at radius 1 is 1.06 bits per heavy atom. The van der Waals surface area contributed by atoms with Gasteiger partial charge < -0.3 is 15.6 Å². The molecule has 1 heterocycles. The monoisotopic (exact) mass is 447 g/mol. The summed E-state index contributed by atoms with van der Waals surface area (Å²) in [6.45, 7) is 0. The number of ether oxygens (including phenoxy) is 1. The highest BCUT2D eigenvalue weighted by Gasteiger charge is 2.31. The van der Waals surface area contributed by atoms with Gasteiger partial charge in [0.05, 0.1) is 23.3 Å². The van der Waals surface area contributed by atoms with E-state index in [4.69, 9.17) is 10.5 Å². The van der Waals surface area contributed by atoms with Crippen molar-refractivity contribution in [2.75, 3.05) is 0 Å². The molecule has 2 aromatic carbocycles. The van der Waals surface area contributed by atoms with E-state index >= 15 is 0 Å². The van der Waals surface area contributed by atoms with Crippen molar-refractivity contribution >= 4 is 22.9 Å². The van der Waals surface area contributed by atoms with Gasteiger partial charge in [0.2, 0.25) is 5.91 Å². The largest absolute Gasteiger partial charge is 0.454 e. The number of rotatable bonds is 11. The summed E-state index contributed by atoms with van der Waals surface area (Å²) in [5.74, 6) is -0.895. The fourth-order valence-corrected chi connectivity index (χ4v) is 4.02. The van der Waals surface area contributed by atoms with Gasteiger partial charge in [-0.2, -0.15) is 0 Å². The molecule has 172 valence electrons. The van der Waals surface area contributed by atoms with Crippen molar-refractivity contribution in [3.63, 3.8) is 0 Å². The Bertz CT molecular complexity index is 1100. The molecule has 7 heteroatoms. The van der Waals surface area contributed by atoms with E-state index in [1.54, 1.807) is 6.07 Å². The maximum absolute atomic E-state index is 12.9. The van der Waals surface area contributed by atoms with E-state index in [1.807, 2.05) is 48.5 Å². The molecule has 4 rings (SSSR count). The number of para-hydroxylation sites is 2. The summed E-state index contributed by atoms with van der Waals surface area (Å²) < 4.78 is 5.73. The van der Waals surface area contributed by atoms with E-state index < -0.39 is 30.0 Å². The van der Waals surface area contributed by atoms with Gasteiger partial charge in [-0.3, -0.25) is 9.78 Å². The first kappa shape index (κ1) is 22.9. The van der Waals surface area contributed by atoms with Crippen molar-refractivity contribution in [3.05, 3.63) is 72.1 Å². The topological polar surface area (TPSA) is 115 Å². The average molecular weight is 448 g/mol. The van der Waals surface area contributed by atoms with Crippen LogP contribution >= 0.6 is 0 Å². The summed E-state index contributed by atoms with van der Waals surface area (Å²) in [7, 11) is 0. The van der Waals surface area contributed by atoms with Crippen LogP contribution in [0.1, 0.15) is 48.2 Å². The lowest BCUT2D eigenvalue weighted by Gasteiger charge is -2.26. The molecule has 0 saturated heterocycles. The first-order valence-corrected chi connectivity index (χ1v) is 11.4. The van der Waals surface area contributed by atoms with E-state index in [1.165, 1.54) is 19.0 Å². The average Bonchev–Trinajstić information content (AvgIpc) is 3.66. The van der Waals surface area contributed by atoms with Gasteiger partial charge in [0.1, 0.15) is 6.10 Å². The van der Waals surface area contributed by atoms with Gasteiger partial charge in [-0.15, -0.1) is 0 Å². The van der Waals surface area contributed by atoms with E-state index in [0.29, 0.717) is 29.8 Å². The zero-order valence-corrected chi connectivity index (χ0v) is 18.5. The minimum absolute atomic E-state index is 0.0687. The predicted molar refractivity (Wildman–Crippen MR) is 124 cm³/mol. The van der Waals surface area contributed by atoms with Crippen molar-refractivity contribution in [1.29, 1.82) is 0 Å². The zero-order valence-electron chi connectivity index (χ0n) is 18.5. The SMILES string of the molecule is NC(=O)[C@@H](CCC1CC1)C[C@H](O)[C@H](Cc1ccccc1)OC(=O)c1cnc2ccccc2n1. The van der Waals surface area contributed by atoms with Gasteiger partial charge in [-0.05, 0) is 42.9 Å². The molecule has 7 nitrogen and oxygen atoms in total. The van der Waals surface area contributed by atoms with Gasteiger partial charge in [0.25, 0.3) is 0 Å². The zero-order chi connectivity index (χ0) is 23.2. The number of carbonyl (C=O) groups excluding carboxylic acids is 2. The van der Waals surface area contributed by atoms with E-state index in [0.717, 1.165) is 12.0 Å². The van der Waals surface area contributed by atoms with Crippen LogP contribution in [-0.4, -0.2) is 39.2 Å². The maximum Gasteiger partial charge on any atom is 0.358 e. The molecule has 3 N–H and O–H groups in total. The number of amides is 1. The molecule has 0 bridgehead atoms. The highest BCUT2D eigenvalue weighted by atomic mass is 16.6. The van der Waals surface area contributed by atoms with Crippen molar-refractivity contribution < 1.29 is 19.4 Å². The van der Waals surface area contributed by atoms with Gasteiger partial charge >= 0.3 is 5.97 Å². The lowest BCUT2D eigenvalue weighted by Crippen LogP contribution is -2.37. The summed E-state index contributed by atoms with van der Waals surface area (Å²) in [6.07, 6.45) is 3.88. The van der Waals surface area contributed by atoms with Crippen LogP contribution in [0.5, 0.6) is 0 Å². The number of aromatic nitrogens is 2. The second-order valence-corrected chi connectivity index (χ2v) is 8.80. The normalized spacial score (nSPS) is 16.2. The molecule has 0 radical (unpaired) electrons. The van der Waals surface area contributed by atoms with Crippen molar-refractivity contribution in [3.8, 4) is 0 Å². The predicted octanol–water partition coefficient (Wildman–Crippen LogP) is 3.44. The van der Waals surface area contributed by atoms with Crippen molar-refractivity contribution in [2.45, 2.75) is 50.7 Å². The molecule has 1 aliphatic rings. The third-order valence-electron chi connectivity index (χ3n) is 6.17. The molecular weight excluding hydrogens is 418 g/mol. The van der Waals surface area contributed by atoms with E-state index in [9.17, 15) is 14.7 Å². The fourth-order valence-electron chi connectivity index (χ4n) is 4.02. The molecular formula is C26H29N3O4. The number of benzene rings is 2. The quantitative estimate of drug-likeness (QED) is 0.435. The summed E-state index contributed by atoms with van der Waals surface area (Å²) in [6, 6.07) is 16.7. The Hall–Kier alpha value is -3.32. The number of esters is 1. The molecule has 3 aromatic rings. The summed E-state index contributed by atoms with van der Waals surface area (Å²) in [5, 5.41) is 11.0. The second-order valence-electron chi connectivity index (χ2n) is 8.80. The molecule has 0 aliphatic heterocycles. The van der Waals surface area contributed by atoms with Crippen LogP contribution < -0.4 is 5.73 Å². The van der Waals surface area contributed by atoms with Gasteiger partial charge in [0, 0.05) is 12.3 Å². The number of hydrogen-bond acceptors (Lipinski definition) is 6. The van der Waals surface area contributed by atoms with Crippen LogP contribution in [-0.2, 0) is 16.0 Å². The lowest BCUT2D eigenvalue weighted by molar-refractivity contribution is -0.123. The first-order chi connectivity index (χ1) is 16.0. The molecule has 1 fully saturated rings. The Morgan fingerprint density at radius 3 is 2.45 bits per heavy atom. The fraction of sp³-hybridized carbons (Fsp3) is 0.385. The number of fused-ring (bicyclic) bond motifs is 1. The Kier molecular flexibility index (Phi) is 7.29. The number of primary amides is 1. The summed E-state index contributed by atoms with van der Waals surface area (Å²) in [4.78, 5) is 33.5. The third kappa shape index (κ3) is 6.35. The molecule has 1 aromatic heterocycles. The Morgan fingerprint density at radius 2 is 1.76 bits per heavy atom. The molecule has 1 amide bonds. The van der Waals surface area contributed by atoms with Crippen molar-refractivity contribution in [2.24, 2.45) is 17.6 Å². The third-order valence-corrected chi connectivity index (χ3v) is 6.17. The van der Waals surface area contributed by atoms with E-state index in [-0.39, 0.29) is 12.1 Å². The standard InChI is InChI=1S/C26H29N3O4/c27-25(31)19(13-12-17-10-11-17)15-23(30)24(14-18-6-2-1-3-7-18)33-26(32)22-16-28-20-8-4-5-9-21(20)29-22/h1-9,16-17,19,23-24,30H,10-15H2,(H2,27,31)/t19-,23-,24-/m0/s1. The number of aliphatic hydroxyl groups is 1. The number of carbonyl (C=O) groups is 2. The van der Waals surface area contributed by atoms with E-state index in [2.05, 4.69) is 9.97 Å². The van der Waals surface area contributed by atoms with Gasteiger partial charge in [-0.1, -0.05) is 55.3 Å². The van der Waals surface area contributed by atoms with Crippen LogP contribution in [0.3, 0.4) is 0 Å². The minimum atomic E-state index is -1.04. The molecule has 0 unspecified atom stereocenters. The lowest BCUT2D eigenvalue weighted by atomic mass is 9.90. The van der Waals surface area contributed by atoms with Gasteiger partial charge in [-0.25, -0.2) is 9.78 Å². The molecule has 1 saturated carbocycles. The number of nitrogens with zero attached hydrogens (tertiary/aromatic N) is 2. The van der Waals surface area contributed by atoms with Gasteiger partial charge in [0.15, 0.2) is 5.69 Å². The smallest absolute Gasteiger partial charge is 0.358 e. The number of hydrogen-bond donors (Lipinski definition) is 2. The Labute approximate surface area is 193 Å². The van der Waals surface area contributed by atoms with Crippen LogP contribution in [0.15, 0.2) is 60.8 Å². The second kappa shape index (κ2) is 10.5.